The zero-order valence-electron chi connectivity index (χ0n) is 8.83. The number of hydrogen-bond donors (Lipinski definition) is 0. The molecule has 0 N–H and O–H groups in total. The third-order valence-electron chi connectivity index (χ3n) is 2.08. The smallest absolute Gasteiger partial charge is 0.217 e. The molecular formula is C11H9Cl2NO3. The van der Waals surface area contributed by atoms with Gasteiger partial charge in [-0.25, -0.2) is 0 Å². The van der Waals surface area contributed by atoms with Crippen LogP contribution in [0.2, 0.25) is 0 Å². The first-order valence-electron chi connectivity index (χ1n) is 4.91. The number of hydrogen-bond acceptors (Lipinski definition) is 4. The number of halogens is 2. The Morgan fingerprint density at radius 3 is 2.24 bits per heavy atom. The van der Waals surface area contributed by atoms with Gasteiger partial charge in [-0.3, -0.25) is 9.59 Å². The molecule has 1 fully saturated rings. The van der Waals surface area contributed by atoms with Gasteiger partial charge < -0.3 is 4.74 Å². The topological polar surface area (TPSA) is 67.2 Å². The fourth-order valence-electron chi connectivity index (χ4n) is 1.19. The van der Waals surface area contributed by atoms with E-state index in [1.807, 2.05) is 0 Å². The maximum atomic E-state index is 10.9. The van der Waals surface area contributed by atoms with Gasteiger partial charge in [-0.05, 0) is 12.8 Å². The molecule has 0 aromatic carbocycles. The van der Waals surface area contributed by atoms with Gasteiger partial charge in [0.05, 0.1) is 5.03 Å². The molecule has 0 saturated carbocycles. The summed E-state index contributed by atoms with van der Waals surface area (Å²) in [6, 6.07) is 1.53. The monoisotopic (exact) mass is 273 g/mol. The molecule has 90 valence electrons. The lowest BCUT2D eigenvalue weighted by Crippen LogP contribution is -2.13. The lowest BCUT2D eigenvalue weighted by atomic mass is 10.0. The quantitative estimate of drug-likeness (QED) is 0.634. The second-order valence-electron chi connectivity index (χ2n) is 3.31. The Hall–Kier alpha value is -1.15. The summed E-state index contributed by atoms with van der Waals surface area (Å²) >= 11 is 10.7. The third kappa shape index (κ3) is 3.67. The van der Waals surface area contributed by atoms with Gasteiger partial charge in [-0.1, -0.05) is 23.2 Å². The second-order valence-corrected chi connectivity index (χ2v) is 4.09. The molecule has 0 amide bonds. The van der Waals surface area contributed by atoms with Crippen LogP contribution in [0.4, 0.5) is 0 Å². The zero-order valence-corrected chi connectivity index (χ0v) is 10.3. The zero-order chi connectivity index (χ0) is 12.8. The van der Waals surface area contributed by atoms with Crippen LogP contribution in [0.15, 0.2) is 21.7 Å². The minimum Gasteiger partial charge on any atom is -0.381 e. The van der Waals surface area contributed by atoms with E-state index in [1.165, 1.54) is 18.9 Å². The van der Waals surface area contributed by atoms with Crippen LogP contribution in [-0.2, 0) is 14.3 Å². The Morgan fingerprint density at radius 1 is 1.24 bits per heavy atom. The molecular weight excluding hydrogens is 265 g/mol. The lowest BCUT2D eigenvalue weighted by Gasteiger charge is -2.04. The van der Waals surface area contributed by atoms with Crippen molar-refractivity contribution in [3.63, 3.8) is 0 Å². The first-order chi connectivity index (χ1) is 8.07. The highest BCUT2D eigenvalue weighted by atomic mass is 35.5. The molecule has 1 aliphatic heterocycles. The number of carbonyl (C=O) groups is 2. The largest absolute Gasteiger partial charge is 0.381 e. The number of nitrogens with zero attached hydrogens (tertiary/aromatic N) is 1. The van der Waals surface area contributed by atoms with Gasteiger partial charge in [-0.15, -0.1) is 0 Å². The SMILES string of the molecule is C1CCOC1.N#CC1=C(Cl)C(=O)C(Cl)=CC1=O. The highest BCUT2D eigenvalue weighted by molar-refractivity contribution is 6.58. The molecule has 0 aromatic rings. The van der Waals surface area contributed by atoms with Crippen molar-refractivity contribution in [2.75, 3.05) is 13.2 Å². The van der Waals surface area contributed by atoms with Crippen molar-refractivity contribution >= 4 is 34.8 Å². The predicted octanol–water partition coefficient (Wildman–Crippen LogP) is 2.07. The standard InChI is InChI=1S/C7HCl2NO2.C4H8O/c8-4-1-5(11)3(2-10)6(9)7(4)12;1-2-4-5-3-1/h1H;1-4H2. The summed E-state index contributed by atoms with van der Waals surface area (Å²) in [5, 5.41) is 7.73. The molecule has 0 bridgehead atoms. The average molecular weight is 274 g/mol. The summed E-state index contributed by atoms with van der Waals surface area (Å²) in [5.41, 5.74) is -0.355. The summed E-state index contributed by atoms with van der Waals surface area (Å²) in [6.45, 7) is 2.00. The van der Waals surface area contributed by atoms with E-state index in [2.05, 4.69) is 0 Å². The molecule has 0 unspecified atom stereocenters. The van der Waals surface area contributed by atoms with Crippen molar-refractivity contribution in [3.8, 4) is 6.07 Å². The fraction of sp³-hybridized carbons (Fsp3) is 0.364. The van der Waals surface area contributed by atoms with Crippen molar-refractivity contribution in [2.45, 2.75) is 12.8 Å². The minimum atomic E-state index is -0.686. The van der Waals surface area contributed by atoms with Crippen LogP contribution in [0, 0.1) is 11.3 Å². The van der Waals surface area contributed by atoms with Gasteiger partial charge in [0.25, 0.3) is 0 Å². The van der Waals surface area contributed by atoms with Crippen LogP contribution in [-0.4, -0.2) is 24.8 Å². The summed E-state index contributed by atoms with van der Waals surface area (Å²) < 4.78 is 4.94. The van der Waals surface area contributed by atoms with Gasteiger partial charge in [0.2, 0.25) is 5.78 Å². The number of nitriles is 1. The van der Waals surface area contributed by atoms with Crippen LogP contribution in [0.25, 0.3) is 0 Å². The molecule has 1 aliphatic carbocycles. The van der Waals surface area contributed by atoms with E-state index in [1.54, 1.807) is 0 Å². The molecule has 1 saturated heterocycles. The summed E-state index contributed by atoms with van der Waals surface area (Å²) in [4.78, 5) is 21.9. The van der Waals surface area contributed by atoms with Crippen LogP contribution < -0.4 is 0 Å². The number of Topliss-reactive ketones (excluding diaryl/α,β-unsaturated/α-hetero) is 1. The number of ketones is 2. The maximum Gasteiger partial charge on any atom is 0.217 e. The Morgan fingerprint density at radius 2 is 1.82 bits per heavy atom. The average Bonchev–Trinajstić information content (AvgIpc) is 2.85. The molecule has 2 aliphatic rings. The Labute approximate surface area is 108 Å². The Kier molecular flexibility index (Phi) is 5.36. The first kappa shape index (κ1) is 13.9. The second kappa shape index (κ2) is 6.55. The van der Waals surface area contributed by atoms with Gasteiger partial charge in [0, 0.05) is 19.3 Å². The van der Waals surface area contributed by atoms with Crippen LogP contribution in [0.5, 0.6) is 0 Å². The third-order valence-corrected chi connectivity index (χ3v) is 2.72. The van der Waals surface area contributed by atoms with Crippen molar-refractivity contribution < 1.29 is 14.3 Å². The van der Waals surface area contributed by atoms with Crippen LogP contribution >= 0.6 is 23.2 Å². The molecule has 4 nitrogen and oxygen atoms in total. The van der Waals surface area contributed by atoms with Crippen LogP contribution in [0.3, 0.4) is 0 Å². The molecule has 2 rings (SSSR count). The summed E-state index contributed by atoms with van der Waals surface area (Å²) in [6.07, 6.45) is 3.44. The van der Waals surface area contributed by atoms with Gasteiger partial charge in [0.15, 0.2) is 5.78 Å². The fourth-order valence-corrected chi connectivity index (χ4v) is 1.67. The molecule has 6 heteroatoms. The van der Waals surface area contributed by atoms with E-state index < -0.39 is 16.6 Å². The van der Waals surface area contributed by atoms with E-state index in [0.29, 0.717) is 0 Å². The van der Waals surface area contributed by atoms with Crippen molar-refractivity contribution in [2.24, 2.45) is 0 Å². The lowest BCUT2D eigenvalue weighted by molar-refractivity contribution is -0.114. The van der Waals surface area contributed by atoms with E-state index in [0.717, 1.165) is 19.3 Å². The molecule has 17 heavy (non-hydrogen) atoms. The van der Waals surface area contributed by atoms with Gasteiger partial charge >= 0.3 is 0 Å². The first-order valence-corrected chi connectivity index (χ1v) is 5.67. The van der Waals surface area contributed by atoms with Crippen molar-refractivity contribution in [1.29, 1.82) is 5.26 Å². The van der Waals surface area contributed by atoms with Crippen molar-refractivity contribution in [1.82, 2.24) is 0 Å². The minimum absolute atomic E-state index is 0.260. The van der Waals surface area contributed by atoms with Gasteiger partial charge in [-0.2, -0.15) is 5.26 Å². The summed E-state index contributed by atoms with van der Waals surface area (Å²) in [7, 11) is 0. The predicted molar refractivity (Wildman–Crippen MR) is 62.5 cm³/mol. The van der Waals surface area contributed by atoms with E-state index in [9.17, 15) is 9.59 Å². The van der Waals surface area contributed by atoms with Gasteiger partial charge in [0.1, 0.15) is 16.7 Å². The molecule has 0 radical (unpaired) electrons. The Bertz CT molecular complexity index is 435. The number of rotatable bonds is 0. The normalized spacial score (nSPS) is 19.5. The highest BCUT2D eigenvalue weighted by Gasteiger charge is 2.26. The Balaban J connectivity index is 0.000000239. The van der Waals surface area contributed by atoms with E-state index in [4.69, 9.17) is 33.2 Å². The van der Waals surface area contributed by atoms with E-state index >= 15 is 0 Å². The number of allylic oxidation sites excluding steroid dienone is 4. The molecule has 1 heterocycles. The molecule has 0 spiro atoms. The number of carbonyl (C=O) groups excluding carboxylic acids is 2. The molecule has 0 atom stereocenters. The number of ether oxygens (including phenoxy) is 1. The molecule has 0 aromatic heterocycles. The van der Waals surface area contributed by atoms with Crippen LogP contribution in [0.1, 0.15) is 12.8 Å². The van der Waals surface area contributed by atoms with E-state index in [-0.39, 0.29) is 10.6 Å². The summed E-state index contributed by atoms with van der Waals surface area (Å²) in [5.74, 6) is -1.32. The van der Waals surface area contributed by atoms with Crippen molar-refractivity contribution in [3.05, 3.63) is 21.7 Å². The maximum absolute atomic E-state index is 10.9. The highest BCUT2D eigenvalue weighted by Crippen LogP contribution is 2.23.